The van der Waals surface area contributed by atoms with Crippen LogP contribution < -0.4 is 0 Å². The molecule has 0 spiro atoms. The van der Waals surface area contributed by atoms with Crippen LogP contribution in [0, 0.1) is 17.8 Å². The third-order valence-electron chi connectivity index (χ3n) is 5.11. The topological polar surface area (TPSA) is 37.3 Å². The second-order valence-corrected chi connectivity index (χ2v) is 6.98. The lowest BCUT2D eigenvalue weighted by Crippen LogP contribution is -2.31. The molecule has 0 amide bonds. The molecule has 3 rings (SSSR count). The van der Waals surface area contributed by atoms with Gasteiger partial charge in [-0.25, -0.2) is 0 Å². The zero-order valence-corrected chi connectivity index (χ0v) is 14.0. The first-order chi connectivity index (χ1) is 11.0. The molecule has 0 aromatic heterocycles. The molecule has 2 heteroatoms. The van der Waals surface area contributed by atoms with Crippen LogP contribution in [-0.4, -0.2) is 10.9 Å². The van der Waals surface area contributed by atoms with Gasteiger partial charge in [0, 0.05) is 17.1 Å². The molecule has 1 aliphatic rings. The van der Waals surface area contributed by atoms with E-state index in [9.17, 15) is 9.90 Å². The number of hydrogen-bond acceptors (Lipinski definition) is 2. The van der Waals surface area contributed by atoms with E-state index in [0.717, 1.165) is 29.2 Å². The number of allylic oxidation sites excluding steroid dienone is 1. The Kier molecular flexibility index (Phi) is 4.25. The number of hydrogen-bond donors (Lipinski definition) is 1. The summed E-state index contributed by atoms with van der Waals surface area (Å²) in [5.41, 5.74) is 1.38. The minimum absolute atomic E-state index is 0.0262. The minimum atomic E-state index is 0.0262. The molecular weight excluding hydrogens is 284 g/mol. The van der Waals surface area contributed by atoms with Gasteiger partial charge in [0.25, 0.3) is 0 Å². The third kappa shape index (κ3) is 2.78. The van der Waals surface area contributed by atoms with Crippen molar-refractivity contribution in [1.29, 1.82) is 0 Å². The lowest BCUT2D eigenvalue weighted by Gasteiger charge is -2.31. The molecule has 120 valence electrons. The minimum Gasteiger partial charge on any atom is -0.507 e. The van der Waals surface area contributed by atoms with Crippen LogP contribution in [0.5, 0.6) is 0 Å². The van der Waals surface area contributed by atoms with Crippen molar-refractivity contribution in [2.75, 3.05) is 0 Å². The summed E-state index contributed by atoms with van der Waals surface area (Å²) < 4.78 is 0. The van der Waals surface area contributed by atoms with E-state index in [-0.39, 0.29) is 23.4 Å². The fraction of sp³-hybridized carbons (Fsp3) is 0.381. The molecule has 1 fully saturated rings. The molecule has 0 unspecified atom stereocenters. The average Bonchev–Trinajstić information content (AvgIpc) is 2.53. The van der Waals surface area contributed by atoms with Gasteiger partial charge in [0.1, 0.15) is 5.76 Å². The highest BCUT2D eigenvalue weighted by atomic mass is 16.3. The van der Waals surface area contributed by atoms with Gasteiger partial charge in [0.15, 0.2) is 5.78 Å². The van der Waals surface area contributed by atoms with E-state index in [2.05, 4.69) is 13.8 Å². The quantitative estimate of drug-likeness (QED) is 0.597. The fourth-order valence-corrected chi connectivity index (χ4v) is 3.71. The first-order valence-corrected chi connectivity index (χ1v) is 8.46. The Labute approximate surface area is 137 Å². The summed E-state index contributed by atoms with van der Waals surface area (Å²) in [4.78, 5) is 12.9. The Morgan fingerprint density at radius 2 is 1.78 bits per heavy atom. The number of rotatable bonds is 2. The summed E-state index contributed by atoms with van der Waals surface area (Å²) in [6.45, 7) is 6.22. The Morgan fingerprint density at radius 3 is 2.52 bits per heavy atom. The number of aliphatic hydroxyl groups is 1. The van der Waals surface area contributed by atoms with Gasteiger partial charge in [-0.1, -0.05) is 63.2 Å². The molecule has 0 radical (unpaired) electrons. The van der Waals surface area contributed by atoms with Crippen molar-refractivity contribution in [3.63, 3.8) is 0 Å². The molecular formula is C21H24O2. The molecule has 0 bridgehead atoms. The number of aliphatic hydroxyl groups excluding tert-OH is 1. The highest BCUT2D eigenvalue weighted by Crippen LogP contribution is 2.38. The smallest absolute Gasteiger partial charge is 0.166 e. The molecule has 2 aromatic rings. The van der Waals surface area contributed by atoms with E-state index in [1.54, 1.807) is 0 Å². The monoisotopic (exact) mass is 308 g/mol. The maximum Gasteiger partial charge on any atom is 0.166 e. The molecule has 1 N–H and O–H groups in total. The van der Waals surface area contributed by atoms with Crippen LogP contribution in [-0.2, 0) is 4.79 Å². The van der Waals surface area contributed by atoms with E-state index in [1.807, 2.05) is 49.4 Å². The summed E-state index contributed by atoms with van der Waals surface area (Å²) in [6, 6.07) is 13.8. The largest absolute Gasteiger partial charge is 0.507 e. The van der Waals surface area contributed by atoms with Gasteiger partial charge in [0.05, 0.1) is 0 Å². The second-order valence-electron chi connectivity index (χ2n) is 6.98. The molecule has 1 aliphatic carbocycles. The summed E-state index contributed by atoms with van der Waals surface area (Å²) in [5.74, 6) is 0.744. The third-order valence-corrected chi connectivity index (χ3v) is 5.11. The van der Waals surface area contributed by atoms with E-state index < -0.39 is 0 Å². The van der Waals surface area contributed by atoms with E-state index in [0.29, 0.717) is 11.5 Å². The zero-order chi connectivity index (χ0) is 16.6. The van der Waals surface area contributed by atoms with Gasteiger partial charge in [-0.3, -0.25) is 4.79 Å². The summed E-state index contributed by atoms with van der Waals surface area (Å²) in [6.07, 6.45) is 1.88. The molecule has 0 saturated heterocycles. The van der Waals surface area contributed by atoms with Crippen molar-refractivity contribution in [1.82, 2.24) is 0 Å². The maximum atomic E-state index is 12.9. The van der Waals surface area contributed by atoms with Crippen molar-refractivity contribution >= 4 is 22.3 Å². The molecule has 0 heterocycles. The Bertz CT molecular complexity index is 765. The Morgan fingerprint density at radius 1 is 1.09 bits per heavy atom. The van der Waals surface area contributed by atoms with Crippen molar-refractivity contribution in [3.05, 3.63) is 53.6 Å². The molecule has 0 aliphatic heterocycles. The highest BCUT2D eigenvalue weighted by molar-refractivity contribution is 6.06. The average molecular weight is 308 g/mol. The van der Waals surface area contributed by atoms with Crippen molar-refractivity contribution in [2.24, 2.45) is 17.8 Å². The fourth-order valence-electron chi connectivity index (χ4n) is 3.71. The van der Waals surface area contributed by atoms with Crippen LogP contribution in [0.25, 0.3) is 16.5 Å². The summed E-state index contributed by atoms with van der Waals surface area (Å²) >= 11 is 0. The lowest BCUT2D eigenvalue weighted by molar-refractivity contribution is -0.122. The van der Waals surface area contributed by atoms with Crippen LogP contribution in [0.4, 0.5) is 0 Å². The van der Waals surface area contributed by atoms with Crippen LogP contribution in [0.2, 0.25) is 0 Å². The predicted molar refractivity (Wildman–Crippen MR) is 95.2 cm³/mol. The van der Waals surface area contributed by atoms with Gasteiger partial charge in [-0.15, -0.1) is 0 Å². The van der Waals surface area contributed by atoms with Crippen LogP contribution >= 0.6 is 0 Å². The van der Waals surface area contributed by atoms with Gasteiger partial charge in [0.2, 0.25) is 0 Å². The van der Waals surface area contributed by atoms with Crippen molar-refractivity contribution in [2.45, 2.75) is 33.6 Å². The zero-order valence-electron chi connectivity index (χ0n) is 14.0. The number of carbonyl (C=O) groups is 1. The Balaban J connectivity index is 2.16. The second kappa shape index (κ2) is 6.19. The number of ketones is 1. The first-order valence-electron chi connectivity index (χ1n) is 8.46. The SMILES string of the molecule is CC(C)[C@H]1CC[C@H](C)C(=C(O)c2cccc3ccccc23)C1=O. The summed E-state index contributed by atoms with van der Waals surface area (Å²) in [5, 5.41) is 13.0. The van der Waals surface area contributed by atoms with Crippen molar-refractivity contribution < 1.29 is 9.90 Å². The van der Waals surface area contributed by atoms with Crippen LogP contribution in [0.15, 0.2) is 48.0 Å². The first kappa shape index (κ1) is 15.8. The lowest BCUT2D eigenvalue weighted by atomic mass is 9.72. The van der Waals surface area contributed by atoms with E-state index in [1.165, 1.54) is 0 Å². The van der Waals surface area contributed by atoms with Gasteiger partial charge < -0.3 is 5.11 Å². The highest BCUT2D eigenvalue weighted by Gasteiger charge is 2.35. The molecule has 2 atom stereocenters. The van der Waals surface area contributed by atoms with Gasteiger partial charge in [-0.2, -0.15) is 0 Å². The summed E-state index contributed by atoms with van der Waals surface area (Å²) in [7, 11) is 0. The predicted octanol–water partition coefficient (Wildman–Crippen LogP) is 5.38. The normalized spacial score (nSPS) is 24.3. The molecule has 23 heavy (non-hydrogen) atoms. The standard InChI is InChI=1S/C21H24O2/c1-13(2)16-12-11-14(3)19(20(16)22)21(23)18-10-6-8-15-7-4-5-9-17(15)18/h4-10,13-14,16,23H,11-12H2,1-3H3/t14-,16+/m0/s1. The van der Waals surface area contributed by atoms with Gasteiger partial charge >= 0.3 is 0 Å². The van der Waals surface area contributed by atoms with Crippen molar-refractivity contribution in [3.8, 4) is 0 Å². The molecule has 2 aromatic carbocycles. The molecule has 1 saturated carbocycles. The van der Waals surface area contributed by atoms with Crippen LogP contribution in [0.3, 0.4) is 0 Å². The van der Waals surface area contributed by atoms with E-state index in [4.69, 9.17) is 0 Å². The van der Waals surface area contributed by atoms with Crippen LogP contribution in [0.1, 0.15) is 39.2 Å². The maximum absolute atomic E-state index is 12.9. The number of benzene rings is 2. The van der Waals surface area contributed by atoms with Gasteiger partial charge in [-0.05, 0) is 35.4 Å². The number of Topliss-reactive ketones (excluding diaryl/α,β-unsaturated/α-hetero) is 1. The van der Waals surface area contributed by atoms with E-state index >= 15 is 0 Å². The number of fused-ring (bicyclic) bond motifs is 1. The number of carbonyl (C=O) groups excluding carboxylic acids is 1. The molecule has 2 nitrogen and oxygen atoms in total. The Hall–Kier alpha value is -2.09.